The normalized spacial score (nSPS) is 11.6. The molecule has 0 radical (unpaired) electrons. The van der Waals surface area contributed by atoms with Crippen molar-refractivity contribution < 1.29 is 18.0 Å². The van der Waals surface area contributed by atoms with Gasteiger partial charge in [-0.2, -0.15) is 13.2 Å². The lowest BCUT2D eigenvalue weighted by Crippen LogP contribution is -2.19. The van der Waals surface area contributed by atoms with Crippen LogP contribution >= 0.6 is 22.9 Å². The summed E-state index contributed by atoms with van der Waals surface area (Å²) in [5.41, 5.74) is 0.206. The lowest BCUT2D eigenvalue weighted by atomic mass is 10.2. The number of hydrogen-bond acceptors (Lipinski definition) is 3. The fourth-order valence-electron chi connectivity index (χ4n) is 2.23. The van der Waals surface area contributed by atoms with Crippen LogP contribution in [0.25, 0.3) is 10.2 Å². The fourth-order valence-corrected chi connectivity index (χ4v) is 3.27. The maximum Gasteiger partial charge on any atom is 0.417 e. The smallest absolute Gasteiger partial charge is 0.308 e. The number of alkyl halides is 3. The maximum absolute atomic E-state index is 12.8. The first-order valence-electron chi connectivity index (χ1n) is 7.04. The highest BCUT2D eigenvalue weighted by atomic mass is 35.5. The Balaban J connectivity index is 1.75. The van der Waals surface area contributed by atoms with Gasteiger partial charge < -0.3 is 10.6 Å². The monoisotopic (exact) mass is 385 g/mol. The minimum absolute atomic E-state index is 0.0141. The quantitative estimate of drug-likeness (QED) is 0.575. The van der Waals surface area contributed by atoms with E-state index < -0.39 is 22.8 Å². The number of anilines is 2. The molecule has 2 amide bonds. The zero-order valence-electron chi connectivity index (χ0n) is 12.7. The molecule has 0 atom stereocenters. The van der Waals surface area contributed by atoms with E-state index in [4.69, 9.17) is 11.6 Å². The summed E-state index contributed by atoms with van der Waals surface area (Å²) in [4.78, 5) is 16.3. The number of benzene rings is 2. The fraction of sp³-hybridized carbons (Fsp3) is 0.125. The molecule has 25 heavy (non-hydrogen) atoms. The first kappa shape index (κ1) is 17.5. The number of halogens is 4. The minimum Gasteiger partial charge on any atom is -0.308 e. The summed E-state index contributed by atoms with van der Waals surface area (Å²) in [6, 6.07) is 7.72. The third-order valence-electron chi connectivity index (χ3n) is 3.28. The topological polar surface area (TPSA) is 54.0 Å². The van der Waals surface area contributed by atoms with Gasteiger partial charge in [-0.05, 0) is 43.3 Å². The molecule has 0 aliphatic heterocycles. The van der Waals surface area contributed by atoms with E-state index in [-0.39, 0.29) is 5.69 Å². The van der Waals surface area contributed by atoms with Gasteiger partial charge in [0.05, 0.1) is 25.8 Å². The molecule has 0 aliphatic rings. The Morgan fingerprint density at radius 2 is 1.76 bits per heavy atom. The van der Waals surface area contributed by atoms with E-state index >= 15 is 0 Å². The van der Waals surface area contributed by atoms with Crippen LogP contribution in [0.2, 0.25) is 5.02 Å². The lowest BCUT2D eigenvalue weighted by molar-refractivity contribution is -0.137. The Hall–Kier alpha value is -2.32. The molecule has 1 aromatic heterocycles. The van der Waals surface area contributed by atoms with Gasteiger partial charge in [-0.25, -0.2) is 9.78 Å². The SMILES string of the molecule is Cc1nc2cc(NC(=O)Nc3ccc(Cl)c(C(F)(F)F)c3)ccc2s1. The largest absolute Gasteiger partial charge is 0.417 e. The average Bonchev–Trinajstić information content (AvgIpc) is 2.87. The van der Waals surface area contributed by atoms with Crippen LogP contribution in [0.1, 0.15) is 10.6 Å². The van der Waals surface area contributed by atoms with Crippen LogP contribution in [0.5, 0.6) is 0 Å². The van der Waals surface area contributed by atoms with E-state index in [0.717, 1.165) is 27.4 Å². The molecule has 0 fully saturated rings. The van der Waals surface area contributed by atoms with Crippen LogP contribution in [0.15, 0.2) is 36.4 Å². The maximum atomic E-state index is 12.8. The summed E-state index contributed by atoms with van der Waals surface area (Å²) < 4.78 is 39.5. The van der Waals surface area contributed by atoms with Gasteiger partial charge in [0.1, 0.15) is 0 Å². The van der Waals surface area contributed by atoms with Gasteiger partial charge in [0.2, 0.25) is 0 Å². The molecule has 2 N–H and O–H groups in total. The second kappa shape index (κ2) is 6.53. The van der Waals surface area contributed by atoms with Crippen molar-refractivity contribution in [2.24, 2.45) is 0 Å². The number of aryl methyl sites for hydroxylation is 1. The number of fused-ring (bicyclic) bond motifs is 1. The van der Waals surface area contributed by atoms with E-state index in [9.17, 15) is 18.0 Å². The molecule has 0 aliphatic carbocycles. The van der Waals surface area contributed by atoms with Crippen LogP contribution in [0.4, 0.5) is 29.3 Å². The lowest BCUT2D eigenvalue weighted by Gasteiger charge is -2.12. The Morgan fingerprint density at radius 1 is 1.12 bits per heavy atom. The van der Waals surface area contributed by atoms with Crippen molar-refractivity contribution in [3.63, 3.8) is 0 Å². The predicted molar refractivity (Wildman–Crippen MR) is 93.5 cm³/mol. The predicted octanol–water partition coefficient (Wildman–Crippen LogP) is 5.92. The Morgan fingerprint density at radius 3 is 2.44 bits per heavy atom. The second-order valence-electron chi connectivity index (χ2n) is 5.19. The van der Waals surface area contributed by atoms with E-state index in [1.807, 2.05) is 13.0 Å². The summed E-state index contributed by atoms with van der Waals surface area (Å²) in [5.74, 6) is 0. The first-order chi connectivity index (χ1) is 11.7. The Kier molecular flexibility index (Phi) is 4.57. The molecule has 1 heterocycles. The summed E-state index contributed by atoms with van der Waals surface area (Å²) in [5, 5.41) is 5.39. The number of nitrogens with zero attached hydrogens (tertiary/aromatic N) is 1. The van der Waals surface area contributed by atoms with Gasteiger partial charge in [0.15, 0.2) is 0 Å². The number of carbonyl (C=O) groups excluding carboxylic acids is 1. The number of hydrogen-bond donors (Lipinski definition) is 2. The molecule has 3 rings (SSSR count). The van der Waals surface area contributed by atoms with Gasteiger partial charge in [0, 0.05) is 11.4 Å². The second-order valence-corrected chi connectivity index (χ2v) is 6.83. The molecule has 0 unspecified atom stereocenters. The third kappa shape index (κ3) is 4.02. The van der Waals surface area contributed by atoms with Gasteiger partial charge >= 0.3 is 12.2 Å². The molecule has 3 aromatic rings. The number of rotatable bonds is 2. The molecule has 0 saturated heterocycles. The molecule has 2 aromatic carbocycles. The highest BCUT2D eigenvalue weighted by Gasteiger charge is 2.33. The van der Waals surface area contributed by atoms with Crippen LogP contribution in [0, 0.1) is 6.92 Å². The Labute approximate surface area is 149 Å². The number of aromatic nitrogens is 1. The average molecular weight is 386 g/mol. The summed E-state index contributed by atoms with van der Waals surface area (Å²) in [7, 11) is 0. The zero-order valence-corrected chi connectivity index (χ0v) is 14.3. The highest BCUT2D eigenvalue weighted by Crippen LogP contribution is 2.36. The van der Waals surface area contributed by atoms with Crippen molar-refractivity contribution in [3.8, 4) is 0 Å². The van der Waals surface area contributed by atoms with Crippen LogP contribution in [-0.2, 0) is 6.18 Å². The number of thiazole rings is 1. The summed E-state index contributed by atoms with van der Waals surface area (Å²) in [6.45, 7) is 1.88. The molecule has 130 valence electrons. The van der Waals surface area contributed by atoms with Gasteiger partial charge in [-0.15, -0.1) is 11.3 Å². The molecule has 0 bridgehead atoms. The highest BCUT2D eigenvalue weighted by molar-refractivity contribution is 7.18. The standard InChI is InChI=1S/C16H11ClF3N3OS/c1-8-21-13-7-10(3-5-14(13)25-8)23-15(24)22-9-2-4-12(17)11(6-9)16(18,19)20/h2-7H,1H3,(H2,22,23,24). The van der Waals surface area contributed by atoms with Crippen molar-refractivity contribution in [2.75, 3.05) is 10.6 Å². The third-order valence-corrected chi connectivity index (χ3v) is 4.56. The molecule has 0 spiro atoms. The molecular weight excluding hydrogens is 375 g/mol. The van der Waals surface area contributed by atoms with Gasteiger partial charge in [-0.3, -0.25) is 0 Å². The molecule has 0 saturated carbocycles. The van der Waals surface area contributed by atoms with Crippen molar-refractivity contribution in [3.05, 3.63) is 52.0 Å². The van der Waals surface area contributed by atoms with E-state index in [0.29, 0.717) is 5.69 Å². The number of amides is 2. The van der Waals surface area contributed by atoms with Crippen molar-refractivity contribution >= 4 is 50.6 Å². The van der Waals surface area contributed by atoms with Crippen LogP contribution in [-0.4, -0.2) is 11.0 Å². The molecule has 9 heteroatoms. The zero-order chi connectivity index (χ0) is 18.2. The van der Waals surface area contributed by atoms with E-state index in [1.165, 1.54) is 17.4 Å². The van der Waals surface area contributed by atoms with E-state index in [2.05, 4.69) is 15.6 Å². The van der Waals surface area contributed by atoms with Crippen molar-refractivity contribution in [2.45, 2.75) is 13.1 Å². The first-order valence-corrected chi connectivity index (χ1v) is 8.24. The minimum atomic E-state index is -4.60. The number of urea groups is 1. The van der Waals surface area contributed by atoms with Gasteiger partial charge in [-0.1, -0.05) is 11.6 Å². The van der Waals surface area contributed by atoms with Crippen LogP contribution in [0.3, 0.4) is 0 Å². The van der Waals surface area contributed by atoms with Gasteiger partial charge in [0.25, 0.3) is 0 Å². The van der Waals surface area contributed by atoms with Crippen molar-refractivity contribution in [1.29, 1.82) is 0 Å². The molecule has 4 nitrogen and oxygen atoms in total. The van der Waals surface area contributed by atoms with Crippen molar-refractivity contribution in [1.82, 2.24) is 4.98 Å². The number of nitrogens with one attached hydrogen (secondary N) is 2. The molecular formula is C16H11ClF3N3OS. The summed E-state index contributed by atoms with van der Waals surface area (Å²) in [6.07, 6.45) is -4.60. The Bertz CT molecular complexity index is 955. The summed E-state index contributed by atoms with van der Waals surface area (Å²) >= 11 is 7.08. The number of carbonyl (C=O) groups is 1. The van der Waals surface area contributed by atoms with Crippen LogP contribution < -0.4 is 10.6 Å². The van der Waals surface area contributed by atoms with E-state index in [1.54, 1.807) is 12.1 Å².